The SMILES string of the molecule is CCCNCC(C)N1CCC(C(C)C)C1. The van der Waals surface area contributed by atoms with E-state index in [1.54, 1.807) is 0 Å². The predicted molar refractivity (Wildman–Crippen MR) is 67.1 cm³/mol. The first-order chi connectivity index (χ1) is 7.15. The number of likely N-dealkylation sites (tertiary alicyclic amines) is 1. The van der Waals surface area contributed by atoms with Gasteiger partial charge in [0, 0.05) is 19.1 Å². The molecule has 0 bridgehead atoms. The number of hydrogen-bond donors (Lipinski definition) is 1. The highest BCUT2D eigenvalue weighted by molar-refractivity contribution is 4.81. The molecule has 1 aliphatic rings. The van der Waals surface area contributed by atoms with Gasteiger partial charge in [0.25, 0.3) is 0 Å². The Balaban J connectivity index is 2.21. The summed E-state index contributed by atoms with van der Waals surface area (Å²) in [6, 6.07) is 0.709. The van der Waals surface area contributed by atoms with Crippen LogP contribution >= 0.6 is 0 Å². The summed E-state index contributed by atoms with van der Waals surface area (Å²) in [6.07, 6.45) is 2.64. The molecule has 2 atom stereocenters. The van der Waals surface area contributed by atoms with Crippen LogP contribution in [0.2, 0.25) is 0 Å². The van der Waals surface area contributed by atoms with Gasteiger partial charge in [0.15, 0.2) is 0 Å². The summed E-state index contributed by atoms with van der Waals surface area (Å²) in [5.74, 6) is 1.78. The minimum Gasteiger partial charge on any atom is -0.315 e. The highest BCUT2D eigenvalue weighted by Crippen LogP contribution is 2.24. The fraction of sp³-hybridized carbons (Fsp3) is 1.00. The summed E-state index contributed by atoms with van der Waals surface area (Å²) in [6.45, 7) is 14.2. The van der Waals surface area contributed by atoms with E-state index < -0.39 is 0 Å². The maximum Gasteiger partial charge on any atom is 0.0192 e. The number of hydrogen-bond acceptors (Lipinski definition) is 2. The molecule has 0 spiro atoms. The molecule has 1 saturated heterocycles. The van der Waals surface area contributed by atoms with Crippen LogP contribution in [-0.2, 0) is 0 Å². The lowest BCUT2D eigenvalue weighted by Gasteiger charge is -2.25. The zero-order valence-corrected chi connectivity index (χ0v) is 10.9. The topological polar surface area (TPSA) is 15.3 Å². The molecule has 1 rings (SSSR count). The predicted octanol–water partition coefficient (Wildman–Crippen LogP) is 2.35. The van der Waals surface area contributed by atoms with E-state index in [1.165, 1.54) is 25.9 Å². The van der Waals surface area contributed by atoms with Gasteiger partial charge in [-0.1, -0.05) is 20.8 Å². The fourth-order valence-corrected chi connectivity index (χ4v) is 2.38. The molecule has 1 heterocycles. The van der Waals surface area contributed by atoms with E-state index >= 15 is 0 Å². The summed E-state index contributed by atoms with van der Waals surface area (Å²) in [7, 11) is 0. The van der Waals surface area contributed by atoms with Gasteiger partial charge in [-0.15, -0.1) is 0 Å². The first-order valence-electron chi connectivity index (χ1n) is 6.59. The van der Waals surface area contributed by atoms with Crippen LogP contribution in [0, 0.1) is 11.8 Å². The second kappa shape index (κ2) is 6.49. The molecule has 15 heavy (non-hydrogen) atoms. The van der Waals surface area contributed by atoms with Crippen molar-refractivity contribution in [3.63, 3.8) is 0 Å². The molecule has 1 N–H and O–H groups in total. The Morgan fingerprint density at radius 1 is 1.33 bits per heavy atom. The van der Waals surface area contributed by atoms with Crippen molar-refractivity contribution < 1.29 is 0 Å². The van der Waals surface area contributed by atoms with Crippen LogP contribution in [0.15, 0.2) is 0 Å². The van der Waals surface area contributed by atoms with Crippen molar-refractivity contribution in [2.24, 2.45) is 11.8 Å². The van der Waals surface area contributed by atoms with Crippen molar-refractivity contribution in [2.45, 2.75) is 46.6 Å². The zero-order chi connectivity index (χ0) is 11.3. The van der Waals surface area contributed by atoms with Crippen molar-refractivity contribution in [1.82, 2.24) is 10.2 Å². The molecule has 0 aliphatic carbocycles. The first-order valence-corrected chi connectivity index (χ1v) is 6.59. The van der Waals surface area contributed by atoms with Gasteiger partial charge in [0.05, 0.1) is 0 Å². The van der Waals surface area contributed by atoms with Crippen molar-refractivity contribution in [3.05, 3.63) is 0 Å². The van der Waals surface area contributed by atoms with Crippen LogP contribution in [0.3, 0.4) is 0 Å². The summed E-state index contributed by atoms with van der Waals surface area (Å²) in [5, 5.41) is 3.51. The Morgan fingerprint density at radius 3 is 2.60 bits per heavy atom. The molecule has 1 fully saturated rings. The van der Waals surface area contributed by atoms with Crippen LogP contribution in [0.4, 0.5) is 0 Å². The lowest BCUT2D eigenvalue weighted by molar-refractivity contribution is 0.234. The molecular weight excluding hydrogens is 184 g/mol. The summed E-state index contributed by atoms with van der Waals surface area (Å²) in [4.78, 5) is 2.65. The van der Waals surface area contributed by atoms with E-state index in [0.29, 0.717) is 6.04 Å². The molecule has 2 nitrogen and oxygen atoms in total. The van der Waals surface area contributed by atoms with Gasteiger partial charge in [-0.2, -0.15) is 0 Å². The van der Waals surface area contributed by atoms with Gasteiger partial charge < -0.3 is 5.32 Å². The number of nitrogens with one attached hydrogen (secondary N) is 1. The Labute approximate surface area is 95.4 Å². The average molecular weight is 212 g/mol. The molecule has 1 aliphatic heterocycles. The second-order valence-electron chi connectivity index (χ2n) is 5.34. The van der Waals surface area contributed by atoms with E-state index in [-0.39, 0.29) is 0 Å². The minimum atomic E-state index is 0.709. The third-order valence-electron chi connectivity index (χ3n) is 3.69. The van der Waals surface area contributed by atoms with Crippen LogP contribution in [0.5, 0.6) is 0 Å². The van der Waals surface area contributed by atoms with Gasteiger partial charge in [0.2, 0.25) is 0 Å². The number of nitrogens with zero attached hydrogens (tertiary/aromatic N) is 1. The zero-order valence-electron chi connectivity index (χ0n) is 10.9. The minimum absolute atomic E-state index is 0.709. The molecule has 0 aromatic carbocycles. The van der Waals surface area contributed by atoms with E-state index in [2.05, 4.69) is 37.9 Å². The molecule has 90 valence electrons. The van der Waals surface area contributed by atoms with E-state index in [4.69, 9.17) is 0 Å². The van der Waals surface area contributed by atoms with Crippen LogP contribution in [0.25, 0.3) is 0 Å². The van der Waals surface area contributed by atoms with Crippen molar-refractivity contribution in [2.75, 3.05) is 26.2 Å². The quantitative estimate of drug-likeness (QED) is 0.680. The van der Waals surface area contributed by atoms with E-state index in [1.807, 2.05) is 0 Å². The highest BCUT2D eigenvalue weighted by Gasteiger charge is 2.27. The Morgan fingerprint density at radius 2 is 2.07 bits per heavy atom. The lowest BCUT2D eigenvalue weighted by Crippen LogP contribution is -2.39. The van der Waals surface area contributed by atoms with Crippen LogP contribution < -0.4 is 5.32 Å². The molecular formula is C13H28N2. The smallest absolute Gasteiger partial charge is 0.0192 e. The molecule has 0 saturated carbocycles. The van der Waals surface area contributed by atoms with Crippen LogP contribution in [0.1, 0.15) is 40.5 Å². The molecule has 0 radical (unpaired) electrons. The molecule has 2 heteroatoms. The second-order valence-corrected chi connectivity index (χ2v) is 5.34. The third-order valence-corrected chi connectivity index (χ3v) is 3.69. The molecule has 0 aromatic rings. The van der Waals surface area contributed by atoms with Gasteiger partial charge in [-0.3, -0.25) is 4.90 Å². The normalized spacial score (nSPS) is 25.0. The Hall–Kier alpha value is -0.0800. The maximum absolute atomic E-state index is 3.51. The van der Waals surface area contributed by atoms with Crippen molar-refractivity contribution >= 4 is 0 Å². The maximum atomic E-state index is 3.51. The number of rotatable bonds is 6. The summed E-state index contributed by atoms with van der Waals surface area (Å²) < 4.78 is 0. The molecule has 0 aromatic heterocycles. The van der Waals surface area contributed by atoms with Gasteiger partial charge in [-0.05, 0) is 44.7 Å². The fourth-order valence-electron chi connectivity index (χ4n) is 2.38. The largest absolute Gasteiger partial charge is 0.315 e. The average Bonchev–Trinajstić information content (AvgIpc) is 2.66. The monoisotopic (exact) mass is 212 g/mol. The summed E-state index contributed by atoms with van der Waals surface area (Å²) in [5.41, 5.74) is 0. The van der Waals surface area contributed by atoms with Crippen molar-refractivity contribution in [1.29, 1.82) is 0 Å². The first kappa shape index (κ1) is 13.0. The van der Waals surface area contributed by atoms with Gasteiger partial charge in [-0.25, -0.2) is 0 Å². The molecule has 2 unspecified atom stereocenters. The Bertz CT molecular complexity index is 168. The van der Waals surface area contributed by atoms with E-state index in [0.717, 1.165) is 24.9 Å². The third kappa shape index (κ3) is 4.12. The van der Waals surface area contributed by atoms with Crippen LogP contribution in [-0.4, -0.2) is 37.1 Å². The van der Waals surface area contributed by atoms with Crippen molar-refractivity contribution in [3.8, 4) is 0 Å². The van der Waals surface area contributed by atoms with Gasteiger partial charge in [0.1, 0.15) is 0 Å². The van der Waals surface area contributed by atoms with Gasteiger partial charge >= 0.3 is 0 Å². The standard InChI is InChI=1S/C13H28N2/c1-5-7-14-9-12(4)15-8-6-13(10-15)11(2)3/h11-14H,5-10H2,1-4H3. The molecule has 0 amide bonds. The lowest BCUT2D eigenvalue weighted by atomic mass is 9.95. The van der Waals surface area contributed by atoms with E-state index in [9.17, 15) is 0 Å². The highest BCUT2D eigenvalue weighted by atomic mass is 15.2. The Kier molecular flexibility index (Phi) is 5.62. The summed E-state index contributed by atoms with van der Waals surface area (Å²) >= 11 is 0.